The zero-order valence-electron chi connectivity index (χ0n) is 34.2. The Morgan fingerprint density at radius 3 is 1.17 bits per heavy atom. The first kappa shape index (κ1) is 50.4. The first-order valence-corrected chi connectivity index (χ1v) is 22.1. The van der Waals surface area contributed by atoms with Gasteiger partial charge in [-0.2, -0.15) is 0 Å². The molecule has 1 atom stereocenters. The average molecular weight is 736 g/mol. The molecule has 52 heavy (non-hydrogen) atoms. The van der Waals surface area contributed by atoms with Crippen molar-refractivity contribution in [3.63, 3.8) is 0 Å². The summed E-state index contributed by atoms with van der Waals surface area (Å²) in [6, 6.07) is 0. The number of carbonyl (C=O) groups excluding carboxylic acids is 2. The highest BCUT2D eigenvalue weighted by molar-refractivity contribution is 6.10. The summed E-state index contributed by atoms with van der Waals surface area (Å²) in [5.74, 6) is -1.28. The number of unbranched alkanes of at least 4 members (excludes halogenated alkanes) is 28. The van der Waals surface area contributed by atoms with E-state index in [9.17, 15) is 24.9 Å². The molecule has 0 amide bonds. The fourth-order valence-corrected chi connectivity index (χ4v) is 6.93. The fourth-order valence-electron chi connectivity index (χ4n) is 6.93. The van der Waals surface area contributed by atoms with Crippen molar-refractivity contribution in [3.8, 4) is 0 Å². The third-order valence-corrected chi connectivity index (χ3v) is 10.5. The maximum Gasteiger partial charge on any atom is 0.209 e. The minimum atomic E-state index is -2.47. The zero-order chi connectivity index (χ0) is 38.4. The SMILES string of the molecule is CCCCCCCCCCCCCCCCCC(=O)C(O)(C(=O)CCCCCCCCCCCCCCCCC)C(O)CO.NCCc1cnc[nH]1. The number of Topliss-reactive ketones (excluding diaryl/α,β-unsaturated/α-hetero) is 2. The van der Waals surface area contributed by atoms with Gasteiger partial charge in [-0.3, -0.25) is 9.59 Å². The summed E-state index contributed by atoms with van der Waals surface area (Å²) in [7, 11) is 0. The molecule has 0 bridgehead atoms. The monoisotopic (exact) mass is 736 g/mol. The van der Waals surface area contributed by atoms with Crippen LogP contribution in [0.5, 0.6) is 0 Å². The van der Waals surface area contributed by atoms with E-state index < -0.39 is 29.9 Å². The van der Waals surface area contributed by atoms with Gasteiger partial charge in [0.05, 0.1) is 12.9 Å². The van der Waals surface area contributed by atoms with Gasteiger partial charge in [0.1, 0.15) is 6.10 Å². The second-order valence-electron chi connectivity index (χ2n) is 15.3. The summed E-state index contributed by atoms with van der Waals surface area (Å²) < 4.78 is 0. The summed E-state index contributed by atoms with van der Waals surface area (Å²) >= 11 is 0. The Morgan fingerprint density at radius 2 is 0.923 bits per heavy atom. The van der Waals surface area contributed by atoms with Crippen LogP contribution in [0.1, 0.15) is 225 Å². The van der Waals surface area contributed by atoms with E-state index in [0.29, 0.717) is 19.4 Å². The van der Waals surface area contributed by atoms with Gasteiger partial charge in [0, 0.05) is 31.2 Å². The molecule has 0 aliphatic carbocycles. The number of hydrogen-bond donors (Lipinski definition) is 5. The Morgan fingerprint density at radius 1 is 0.615 bits per heavy atom. The molecule has 6 N–H and O–H groups in total. The van der Waals surface area contributed by atoms with Crippen LogP contribution in [0, 0.1) is 0 Å². The molecule has 1 unspecified atom stereocenters. The highest BCUT2D eigenvalue weighted by atomic mass is 16.4. The number of carbonyl (C=O) groups is 2. The van der Waals surface area contributed by atoms with Gasteiger partial charge < -0.3 is 26.0 Å². The van der Waals surface area contributed by atoms with Crippen LogP contribution in [0.3, 0.4) is 0 Å². The summed E-state index contributed by atoms with van der Waals surface area (Å²) in [6.07, 6.45) is 39.4. The highest BCUT2D eigenvalue weighted by Crippen LogP contribution is 2.23. The summed E-state index contributed by atoms with van der Waals surface area (Å²) in [4.78, 5) is 32.5. The predicted octanol–water partition coefficient (Wildman–Crippen LogP) is 10.6. The van der Waals surface area contributed by atoms with Gasteiger partial charge >= 0.3 is 0 Å². The van der Waals surface area contributed by atoms with Gasteiger partial charge in [-0.05, 0) is 19.4 Å². The molecule has 1 rings (SSSR count). The van der Waals surface area contributed by atoms with Crippen molar-refractivity contribution in [3.05, 3.63) is 18.2 Å². The van der Waals surface area contributed by atoms with E-state index in [-0.39, 0.29) is 12.8 Å². The lowest BCUT2D eigenvalue weighted by Gasteiger charge is -2.29. The number of imidazole rings is 1. The Labute approximate surface area is 320 Å². The van der Waals surface area contributed by atoms with Gasteiger partial charge in [0.15, 0.2) is 11.6 Å². The summed E-state index contributed by atoms with van der Waals surface area (Å²) in [6.45, 7) is 4.40. The Bertz CT molecular complexity index is 848. The van der Waals surface area contributed by atoms with Crippen molar-refractivity contribution in [2.45, 2.75) is 237 Å². The summed E-state index contributed by atoms with van der Waals surface area (Å²) in [5, 5.41) is 30.6. The van der Waals surface area contributed by atoms with Gasteiger partial charge in [-0.25, -0.2) is 4.98 Å². The van der Waals surface area contributed by atoms with Crippen molar-refractivity contribution in [1.29, 1.82) is 0 Å². The van der Waals surface area contributed by atoms with E-state index in [1.807, 2.05) is 0 Å². The van der Waals surface area contributed by atoms with Crippen LogP contribution < -0.4 is 5.73 Å². The number of aromatic amines is 1. The van der Waals surface area contributed by atoms with Crippen LogP contribution in [0.15, 0.2) is 12.5 Å². The van der Waals surface area contributed by atoms with Crippen molar-refractivity contribution >= 4 is 11.6 Å². The molecule has 306 valence electrons. The Balaban J connectivity index is 0.00000283. The standard InChI is InChI=1S/C39H76O5.C5H9N3/c1-3-5-7-9-11-13-15-17-19-21-23-25-27-29-31-33-36(41)39(44,38(43)35-40)37(42)34-32-30-28-26-24-22-20-18-16-14-12-10-8-6-4-2;6-2-1-5-3-7-4-8-5/h38,40,43-44H,3-35H2,1-2H3;3-4H,1-2,6H2,(H,7,8). The molecule has 8 heteroatoms. The van der Waals surface area contributed by atoms with Crippen LogP contribution in [0.25, 0.3) is 0 Å². The maximum absolute atomic E-state index is 12.9. The molecular weight excluding hydrogens is 651 g/mol. The van der Waals surface area contributed by atoms with Crippen LogP contribution in [-0.2, 0) is 16.0 Å². The molecule has 8 nitrogen and oxygen atoms in total. The number of ketones is 2. The maximum atomic E-state index is 12.9. The van der Waals surface area contributed by atoms with Gasteiger partial charge in [0.25, 0.3) is 0 Å². The number of rotatable bonds is 38. The smallest absolute Gasteiger partial charge is 0.209 e. The third-order valence-electron chi connectivity index (χ3n) is 10.5. The highest BCUT2D eigenvalue weighted by Gasteiger charge is 2.48. The largest absolute Gasteiger partial charge is 0.394 e. The molecule has 0 radical (unpaired) electrons. The lowest BCUT2D eigenvalue weighted by atomic mass is 9.82. The van der Waals surface area contributed by atoms with E-state index in [2.05, 4.69) is 23.8 Å². The molecule has 0 fully saturated rings. The van der Waals surface area contributed by atoms with E-state index in [0.717, 1.165) is 50.6 Å². The number of nitrogens with one attached hydrogen (secondary N) is 1. The van der Waals surface area contributed by atoms with Crippen molar-refractivity contribution in [1.82, 2.24) is 9.97 Å². The molecular formula is C44H85N3O5. The van der Waals surface area contributed by atoms with Crippen molar-refractivity contribution in [2.24, 2.45) is 5.73 Å². The number of nitrogens with zero attached hydrogens (tertiary/aromatic N) is 1. The van der Waals surface area contributed by atoms with Gasteiger partial charge in [-0.1, -0.05) is 194 Å². The third kappa shape index (κ3) is 27.9. The number of H-pyrrole nitrogens is 1. The van der Waals surface area contributed by atoms with Crippen molar-refractivity contribution in [2.75, 3.05) is 13.2 Å². The minimum Gasteiger partial charge on any atom is -0.394 e. The van der Waals surface area contributed by atoms with Crippen molar-refractivity contribution < 1.29 is 24.9 Å². The molecule has 1 heterocycles. The second kappa shape index (κ2) is 37.7. The van der Waals surface area contributed by atoms with E-state index in [1.54, 1.807) is 12.5 Å². The van der Waals surface area contributed by atoms with Crippen LogP contribution in [0.4, 0.5) is 0 Å². The molecule has 0 aliphatic heterocycles. The van der Waals surface area contributed by atoms with Crippen LogP contribution in [-0.4, -0.2) is 61.7 Å². The van der Waals surface area contributed by atoms with E-state index in [4.69, 9.17) is 5.73 Å². The fraction of sp³-hybridized carbons (Fsp3) is 0.886. The second-order valence-corrected chi connectivity index (χ2v) is 15.3. The summed E-state index contributed by atoms with van der Waals surface area (Å²) in [5.41, 5.74) is 3.90. The molecule has 1 aromatic rings. The molecule has 1 aromatic heterocycles. The topological polar surface area (TPSA) is 150 Å². The minimum absolute atomic E-state index is 0.0659. The average Bonchev–Trinajstić information content (AvgIpc) is 3.67. The number of aliphatic hydroxyl groups is 3. The normalized spacial score (nSPS) is 12.1. The Hall–Kier alpha value is -1.61. The quantitative estimate of drug-likeness (QED) is 0.0335. The lowest BCUT2D eigenvalue weighted by molar-refractivity contribution is -0.166. The lowest BCUT2D eigenvalue weighted by Crippen LogP contribution is -2.57. The number of aliphatic hydroxyl groups excluding tert-OH is 2. The number of nitrogens with two attached hydrogens (primary N) is 1. The number of hydrogen-bond acceptors (Lipinski definition) is 7. The van der Waals surface area contributed by atoms with E-state index >= 15 is 0 Å². The van der Waals surface area contributed by atoms with Crippen LogP contribution >= 0.6 is 0 Å². The predicted molar refractivity (Wildman–Crippen MR) is 218 cm³/mol. The van der Waals surface area contributed by atoms with Crippen LogP contribution in [0.2, 0.25) is 0 Å². The molecule has 0 aromatic carbocycles. The zero-order valence-corrected chi connectivity index (χ0v) is 34.2. The van der Waals surface area contributed by atoms with Gasteiger partial charge in [-0.15, -0.1) is 0 Å². The molecule has 0 saturated heterocycles. The number of aromatic nitrogens is 2. The molecule has 0 aliphatic rings. The Kier molecular flexibility index (Phi) is 36.5. The first-order valence-electron chi connectivity index (χ1n) is 22.1. The molecule has 0 spiro atoms. The molecule has 0 saturated carbocycles. The van der Waals surface area contributed by atoms with E-state index in [1.165, 1.54) is 141 Å². The first-order chi connectivity index (χ1) is 25.4. The van der Waals surface area contributed by atoms with Gasteiger partial charge in [0.2, 0.25) is 5.60 Å².